The zero-order chi connectivity index (χ0) is 31.0. The standard InChI is InChI=1S/C26H29F6N5O5/c1-24(2,3)42-23(40)33-16(11-37-10-15(8-19(37)38)25(27,28)29)9-20(39)36-6-4-17-18(12-36)34-22(14-5-7-41-13-14)35-21(17)26(30,31)32/h5,7,13,15-16H,4,6,8-12H2,1-3H3,(H,33,40)/t15?,16-/m0/s1. The maximum Gasteiger partial charge on any atom is 0.433 e. The maximum absolute atomic E-state index is 13.8. The van der Waals surface area contributed by atoms with Crippen molar-refractivity contribution in [3.8, 4) is 11.4 Å². The number of likely N-dealkylation sites (tertiary alicyclic amines) is 1. The lowest BCUT2D eigenvalue weighted by atomic mass is 10.0. The fraction of sp³-hybridized carbons (Fsp3) is 0.577. The van der Waals surface area contributed by atoms with Gasteiger partial charge in [-0.25, -0.2) is 14.8 Å². The van der Waals surface area contributed by atoms with Gasteiger partial charge < -0.3 is 24.3 Å². The first-order chi connectivity index (χ1) is 19.4. The summed E-state index contributed by atoms with van der Waals surface area (Å²) in [6, 6.07) is 0.256. The van der Waals surface area contributed by atoms with Gasteiger partial charge in [0.15, 0.2) is 11.5 Å². The summed E-state index contributed by atoms with van der Waals surface area (Å²) in [5, 5.41) is 2.45. The molecule has 2 aliphatic heterocycles. The number of amides is 3. The number of carbonyl (C=O) groups is 3. The van der Waals surface area contributed by atoms with E-state index in [4.69, 9.17) is 9.15 Å². The van der Waals surface area contributed by atoms with Crippen LogP contribution in [0.15, 0.2) is 23.0 Å². The van der Waals surface area contributed by atoms with Gasteiger partial charge in [0.25, 0.3) is 0 Å². The van der Waals surface area contributed by atoms with Gasteiger partial charge in [0, 0.05) is 38.0 Å². The van der Waals surface area contributed by atoms with Gasteiger partial charge in [0.05, 0.1) is 36.0 Å². The van der Waals surface area contributed by atoms with Crippen molar-refractivity contribution in [3.05, 3.63) is 35.5 Å². The second kappa shape index (κ2) is 11.4. The van der Waals surface area contributed by atoms with Crippen LogP contribution in [0.4, 0.5) is 31.1 Å². The molecule has 0 aliphatic carbocycles. The largest absolute Gasteiger partial charge is 0.472 e. The third kappa shape index (κ3) is 7.50. The number of nitrogens with zero attached hydrogens (tertiary/aromatic N) is 4. The van der Waals surface area contributed by atoms with Crippen LogP contribution in [0.1, 0.15) is 50.6 Å². The lowest BCUT2D eigenvalue weighted by Crippen LogP contribution is -2.49. The predicted molar refractivity (Wildman–Crippen MR) is 132 cm³/mol. The molecule has 1 fully saturated rings. The van der Waals surface area contributed by atoms with Crippen LogP contribution in [-0.4, -0.2) is 75.1 Å². The minimum absolute atomic E-state index is 0.0208. The molecule has 1 saturated heterocycles. The van der Waals surface area contributed by atoms with E-state index < -0.39 is 79.4 Å². The summed E-state index contributed by atoms with van der Waals surface area (Å²) >= 11 is 0. The number of furan rings is 1. The van der Waals surface area contributed by atoms with E-state index in [-0.39, 0.29) is 42.2 Å². The fourth-order valence-electron chi connectivity index (χ4n) is 4.81. The number of aromatic nitrogens is 2. The number of alkyl halides is 6. The number of nitrogens with one attached hydrogen (secondary N) is 1. The SMILES string of the molecule is CC(C)(C)OC(=O)N[C@@H](CC(=O)N1CCc2c(nc(-c3ccoc3)nc2C(F)(F)F)C1)CN1CC(C(F)(F)F)CC1=O. The molecule has 0 radical (unpaired) electrons. The number of hydrogen-bond donors (Lipinski definition) is 1. The molecule has 2 aromatic heterocycles. The summed E-state index contributed by atoms with van der Waals surface area (Å²) < 4.78 is 91.3. The van der Waals surface area contributed by atoms with Crippen LogP contribution in [-0.2, 0) is 33.5 Å². The molecular weight excluding hydrogens is 576 g/mol. The fourth-order valence-corrected chi connectivity index (χ4v) is 4.81. The lowest BCUT2D eigenvalue weighted by molar-refractivity contribution is -0.171. The Balaban J connectivity index is 1.54. The van der Waals surface area contributed by atoms with E-state index in [0.29, 0.717) is 0 Å². The maximum atomic E-state index is 13.8. The summed E-state index contributed by atoms with van der Waals surface area (Å²) in [5.74, 6) is -3.51. The number of hydrogen-bond acceptors (Lipinski definition) is 7. The van der Waals surface area contributed by atoms with Crippen LogP contribution < -0.4 is 5.32 Å². The van der Waals surface area contributed by atoms with Crippen molar-refractivity contribution >= 4 is 17.9 Å². The second-order valence-electron chi connectivity index (χ2n) is 11.2. The molecule has 42 heavy (non-hydrogen) atoms. The Morgan fingerprint density at radius 1 is 1.17 bits per heavy atom. The Morgan fingerprint density at radius 2 is 1.88 bits per heavy atom. The Hall–Kier alpha value is -3.85. The van der Waals surface area contributed by atoms with Crippen molar-refractivity contribution in [2.45, 2.75) is 70.6 Å². The molecule has 4 heterocycles. The number of fused-ring (bicyclic) bond motifs is 1. The Kier molecular flexibility index (Phi) is 8.47. The highest BCUT2D eigenvalue weighted by atomic mass is 19.4. The zero-order valence-electron chi connectivity index (χ0n) is 22.9. The van der Waals surface area contributed by atoms with Gasteiger partial charge in [-0.2, -0.15) is 26.3 Å². The Bertz CT molecular complexity index is 1320. The van der Waals surface area contributed by atoms with E-state index in [1.165, 1.54) is 23.5 Å². The van der Waals surface area contributed by atoms with Gasteiger partial charge in [0.1, 0.15) is 11.9 Å². The lowest BCUT2D eigenvalue weighted by Gasteiger charge is -2.32. The topological polar surface area (TPSA) is 118 Å². The molecule has 2 aliphatic rings. The average molecular weight is 606 g/mol. The van der Waals surface area contributed by atoms with Crippen LogP contribution in [0.3, 0.4) is 0 Å². The molecule has 1 unspecified atom stereocenters. The van der Waals surface area contributed by atoms with Crippen LogP contribution >= 0.6 is 0 Å². The Morgan fingerprint density at radius 3 is 2.45 bits per heavy atom. The summed E-state index contributed by atoms with van der Waals surface area (Å²) in [5.41, 5.74) is -2.01. The van der Waals surface area contributed by atoms with E-state index in [9.17, 15) is 40.7 Å². The zero-order valence-corrected chi connectivity index (χ0v) is 22.9. The highest BCUT2D eigenvalue weighted by Gasteiger charge is 2.47. The molecule has 2 atom stereocenters. The smallest absolute Gasteiger partial charge is 0.433 e. The monoisotopic (exact) mass is 605 g/mol. The van der Waals surface area contributed by atoms with Crippen molar-refractivity contribution < 1.29 is 49.9 Å². The van der Waals surface area contributed by atoms with Crippen LogP contribution in [0.25, 0.3) is 11.4 Å². The van der Waals surface area contributed by atoms with Gasteiger partial charge in [-0.3, -0.25) is 9.59 Å². The molecule has 16 heteroatoms. The number of ether oxygens (including phenoxy) is 1. The van der Waals surface area contributed by atoms with Crippen molar-refractivity contribution in [2.24, 2.45) is 5.92 Å². The quantitative estimate of drug-likeness (QED) is 0.487. The van der Waals surface area contributed by atoms with Crippen LogP contribution in [0.5, 0.6) is 0 Å². The number of halogens is 6. The summed E-state index contributed by atoms with van der Waals surface area (Å²) in [6.45, 7) is 3.31. The van der Waals surface area contributed by atoms with Gasteiger partial charge in [-0.15, -0.1) is 0 Å². The molecule has 0 bridgehead atoms. The van der Waals surface area contributed by atoms with Crippen molar-refractivity contribution in [1.82, 2.24) is 25.1 Å². The van der Waals surface area contributed by atoms with Crippen molar-refractivity contribution in [2.75, 3.05) is 19.6 Å². The van der Waals surface area contributed by atoms with Crippen molar-refractivity contribution in [1.29, 1.82) is 0 Å². The summed E-state index contributed by atoms with van der Waals surface area (Å²) in [6.07, 6.45) is -9.30. The normalized spacial score (nSPS) is 18.6. The third-order valence-electron chi connectivity index (χ3n) is 6.73. The van der Waals surface area contributed by atoms with E-state index in [0.717, 1.165) is 4.90 Å². The summed E-state index contributed by atoms with van der Waals surface area (Å²) in [7, 11) is 0. The first-order valence-corrected chi connectivity index (χ1v) is 13.0. The van der Waals surface area contributed by atoms with Gasteiger partial charge in [0.2, 0.25) is 11.8 Å². The minimum Gasteiger partial charge on any atom is -0.472 e. The molecule has 10 nitrogen and oxygen atoms in total. The minimum atomic E-state index is -4.78. The third-order valence-corrected chi connectivity index (χ3v) is 6.73. The molecule has 230 valence electrons. The van der Waals surface area contributed by atoms with E-state index in [1.54, 1.807) is 20.8 Å². The molecule has 4 rings (SSSR count). The van der Waals surface area contributed by atoms with Gasteiger partial charge >= 0.3 is 18.4 Å². The number of carbonyl (C=O) groups excluding carboxylic acids is 3. The molecule has 1 N–H and O–H groups in total. The number of rotatable bonds is 6. The second-order valence-corrected chi connectivity index (χ2v) is 11.2. The average Bonchev–Trinajstić information content (AvgIpc) is 3.51. The highest BCUT2D eigenvalue weighted by molar-refractivity contribution is 5.80. The first-order valence-electron chi connectivity index (χ1n) is 13.0. The van der Waals surface area contributed by atoms with Gasteiger partial charge in [-0.1, -0.05) is 0 Å². The van der Waals surface area contributed by atoms with E-state index in [1.807, 2.05) is 0 Å². The molecule has 3 amide bonds. The first kappa shape index (κ1) is 31.1. The predicted octanol–water partition coefficient (Wildman–Crippen LogP) is 4.33. The van der Waals surface area contributed by atoms with Crippen LogP contribution in [0.2, 0.25) is 0 Å². The van der Waals surface area contributed by atoms with Gasteiger partial charge in [-0.05, 0) is 33.3 Å². The number of alkyl carbamates (subject to hydrolysis) is 1. The molecule has 2 aromatic rings. The molecule has 0 saturated carbocycles. The van der Waals surface area contributed by atoms with Crippen molar-refractivity contribution in [3.63, 3.8) is 0 Å². The molecule has 0 spiro atoms. The highest BCUT2D eigenvalue weighted by Crippen LogP contribution is 2.36. The Labute approximate surface area is 236 Å². The van der Waals surface area contributed by atoms with Crippen LogP contribution in [0, 0.1) is 5.92 Å². The van der Waals surface area contributed by atoms with E-state index in [2.05, 4.69) is 15.3 Å². The summed E-state index contributed by atoms with van der Waals surface area (Å²) in [4.78, 5) is 48.2. The molecule has 0 aromatic carbocycles. The molecular formula is C26H29F6N5O5. The van der Waals surface area contributed by atoms with E-state index >= 15 is 0 Å².